The summed E-state index contributed by atoms with van der Waals surface area (Å²) in [6, 6.07) is 30.9. The van der Waals surface area contributed by atoms with Gasteiger partial charge in [0.25, 0.3) is 0 Å². The van der Waals surface area contributed by atoms with Crippen molar-refractivity contribution in [3.63, 3.8) is 0 Å². The van der Waals surface area contributed by atoms with Crippen LogP contribution in [0.1, 0.15) is 0 Å². The molecule has 0 aliphatic rings. The molecule has 0 radical (unpaired) electrons. The van der Waals surface area contributed by atoms with Gasteiger partial charge in [-0.15, -0.1) is 0 Å². The minimum atomic E-state index is 0.686. The van der Waals surface area contributed by atoms with E-state index in [9.17, 15) is 0 Å². The standard InChI is InChI=1S/C28H15ClO2/c29-22-13-18(19-9-5-11-24-27(19)20-8-3-4-10-23(20)30-24)15-26-28(22)21-12-16-6-1-2-7-17(16)14-25(21)31-26/h1-15H. The van der Waals surface area contributed by atoms with Crippen molar-refractivity contribution in [2.45, 2.75) is 0 Å². The lowest BCUT2D eigenvalue weighted by molar-refractivity contribution is 0.668. The van der Waals surface area contributed by atoms with E-state index in [2.05, 4.69) is 42.5 Å². The molecule has 7 aromatic rings. The smallest absolute Gasteiger partial charge is 0.137 e. The van der Waals surface area contributed by atoms with E-state index < -0.39 is 0 Å². The third-order valence-electron chi connectivity index (χ3n) is 6.10. The second-order valence-corrected chi connectivity index (χ2v) is 8.31. The quantitative estimate of drug-likeness (QED) is 0.266. The van der Waals surface area contributed by atoms with Gasteiger partial charge in [-0.3, -0.25) is 0 Å². The Morgan fingerprint density at radius 3 is 2.16 bits per heavy atom. The maximum Gasteiger partial charge on any atom is 0.137 e. The van der Waals surface area contributed by atoms with Crippen LogP contribution in [0.2, 0.25) is 5.02 Å². The number of benzene rings is 5. The largest absolute Gasteiger partial charge is 0.456 e. The van der Waals surface area contributed by atoms with Crippen LogP contribution in [0.15, 0.2) is 99.8 Å². The zero-order chi connectivity index (χ0) is 20.5. The second-order valence-electron chi connectivity index (χ2n) is 7.91. The lowest BCUT2D eigenvalue weighted by atomic mass is 9.98. The molecule has 0 saturated heterocycles. The van der Waals surface area contributed by atoms with Gasteiger partial charge in [-0.1, -0.05) is 66.2 Å². The highest BCUT2D eigenvalue weighted by Crippen LogP contribution is 2.42. The molecule has 0 spiro atoms. The number of hydrogen-bond donors (Lipinski definition) is 0. The number of para-hydroxylation sites is 1. The fourth-order valence-corrected chi connectivity index (χ4v) is 5.02. The molecule has 0 N–H and O–H groups in total. The summed E-state index contributed by atoms with van der Waals surface area (Å²) < 4.78 is 12.3. The average molecular weight is 419 g/mol. The van der Waals surface area contributed by atoms with Crippen LogP contribution in [0, 0.1) is 0 Å². The van der Waals surface area contributed by atoms with Crippen LogP contribution in [-0.4, -0.2) is 0 Å². The van der Waals surface area contributed by atoms with Gasteiger partial charge in [-0.25, -0.2) is 0 Å². The monoisotopic (exact) mass is 418 g/mol. The van der Waals surface area contributed by atoms with Gasteiger partial charge >= 0.3 is 0 Å². The molecule has 146 valence electrons. The molecule has 0 aliphatic heterocycles. The number of hydrogen-bond acceptors (Lipinski definition) is 2. The molecule has 0 bridgehead atoms. The van der Waals surface area contributed by atoms with Gasteiger partial charge in [0.05, 0.1) is 5.02 Å². The predicted molar refractivity (Wildman–Crippen MR) is 129 cm³/mol. The second kappa shape index (κ2) is 6.13. The van der Waals surface area contributed by atoms with E-state index in [1.807, 2.05) is 48.5 Å². The molecule has 2 nitrogen and oxygen atoms in total. The highest BCUT2D eigenvalue weighted by Gasteiger charge is 2.17. The van der Waals surface area contributed by atoms with Crippen LogP contribution in [-0.2, 0) is 0 Å². The van der Waals surface area contributed by atoms with Gasteiger partial charge in [0, 0.05) is 21.5 Å². The summed E-state index contributed by atoms with van der Waals surface area (Å²) in [6.07, 6.45) is 0. The summed E-state index contributed by atoms with van der Waals surface area (Å²) in [5.41, 5.74) is 5.48. The first kappa shape index (κ1) is 17.0. The van der Waals surface area contributed by atoms with E-state index in [0.29, 0.717) is 5.02 Å². The molecule has 31 heavy (non-hydrogen) atoms. The normalized spacial score (nSPS) is 12.0. The maximum absolute atomic E-state index is 6.84. The zero-order valence-electron chi connectivity index (χ0n) is 16.4. The molecular formula is C28H15ClO2. The van der Waals surface area contributed by atoms with Crippen LogP contribution in [0.25, 0.3) is 65.8 Å². The third kappa shape index (κ3) is 2.40. The Morgan fingerprint density at radius 1 is 0.516 bits per heavy atom. The number of rotatable bonds is 1. The number of fused-ring (bicyclic) bond motifs is 7. The topological polar surface area (TPSA) is 26.3 Å². The third-order valence-corrected chi connectivity index (χ3v) is 6.40. The molecule has 0 saturated carbocycles. The molecule has 0 aliphatic carbocycles. The van der Waals surface area contributed by atoms with Crippen LogP contribution in [0.3, 0.4) is 0 Å². The van der Waals surface area contributed by atoms with Crippen molar-refractivity contribution in [2.75, 3.05) is 0 Å². The Labute approximate surface area is 182 Å². The van der Waals surface area contributed by atoms with Crippen LogP contribution < -0.4 is 0 Å². The van der Waals surface area contributed by atoms with Gasteiger partial charge in [0.1, 0.15) is 22.3 Å². The van der Waals surface area contributed by atoms with E-state index in [1.54, 1.807) is 0 Å². The molecule has 2 aromatic heterocycles. The van der Waals surface area contributed by atoms with Crippen molar-refractivity contribution in [1.29, 1.82) is 0 Å². The lowest BCUT2D eigenvalue weighted by Gasteiger charge is -2.05. The Balaban J connectivity index is 1.55. The van der Waals surface area contributed by atoms with Crippen LogP contribution >= 0.6 is 11.6 Å². The van der Waals surface area contributed by atoms with Crippen molar-refractivity contribution in [3.05, 3.63) is 96.0 Å². The first-order chi connectivity index (χ1) is 15.3. The Morgan fingerprint density at radius 2 is 1.26 bits per heavy atom. The fourth-order valence-electron chi connectivity index (χ4n) is 4.71. The lowest BCUT2D eigenvalue weighted by Crippen LogP contribution is -1.81. The van der Waals surface area contributed by atoms with Gasteiger partial charge < -0.3 is 8.83 Å². The molecule has 0 fully saturated rings. The summed E-state index contributed by atoms with van der Waals surface area (Å²) in [5.74, 6) is 0. The SMILES string of the molecule is Clc1cc(-c2cccc3oc4ccccc4c23)cc2oc3cc4ccccc4cc3c12. The Kier molecular flexibility index (Phi) is 3.36. The molecule has 7 rings (SSSR count). The number of halogens is 1. The van der Waals surface area contributed by atoms with Crippen molar-refractivity contribution in [1.82, 2.24) is 0 Å². The minimum absolute atomic E-state index is 0.686. The van der Waals surface area contributed by atoms with E-state index in [4.69, 9.17) is 20.4 Å². The molecule has 5 aromatic carbocycles. The highest BCUT2D eigenvalue weighted by molar-refractivity contribution is 6.38. The first-order valence-corrected chi connectivity index (χ1v) is 10.6. The fraction of sp³-hybridized carbons (Fsp3) is 0. The number of furan rings is 2. The zero-order valence-corrected chi connectivity index (χ0v) is 17.1. The summed E-state index contributed by atoms with van der Waals surface area (Å²) in [5, 5.41) is 7.20. The van der Waals surface area contributed by atoms with Crippen molar-refractivity contribution in [2.24, 2.45) is 0 Å². The Bertz CT molecular complexity index is 1800. The van der Waals surface area contributed by atoms with Crippen LogP contribution in [0.4, 0.5) is 0 Å². The summed E-state index contributed by atoms with van der Waals surface area (Å²) >= 11 is 6.84. The van der Waals surface area contributed by atoms with Gasteiger partial charge in [0.2, 0.25) is 0 Å². The maximum atomic E-state index is 6.84. The minimum Gasteiger partial charge on any atom is -0.456 e. The van der Waals surface area contributed by atoms with Crippen LogP contribution in [0.5, 0.6) is 0 Å². The highest BCUT2D eigenvalue weighted by atomic mass is 35.5. The van der Waals surface area contributed by atoms with Crippen molar-refractivity contribution < 1.29 is 8.83 Å². The molecule has 3 heteroatoms. The van der Waals surface area contributed by atoms with Crippen molar-refractivity contribution >= 4 is 66.3 Å². The first-order valence-electron chi connectivity index (χ1n) is 10.2. The summed E-state index contributed by atoms with van der Waals surface area (Å²) in [4.78, 5) is 0. The predicted octanol–water partition coefficient (Wildman–Crippen LogP) is 8.96. The molecular weight excluding hydrogens is 404 g/mol. The summed E-state index contributed by atoms with van der Waals surface area (Å²) in [7, 11) is 0. The Hall–Kier alpha value is -3.75. The van der Waals surface area contributed by atoms with E-state index in [1.165, 1.54) is 5.39 Å². The average Bonchev–Trinajstić information content (AvgIpc) is 3.35. The van der Waals surface area contributed by atoms with Crippen molar-refractivity contribution in [3.8, 4) is 11.1 Å². The van der Waals surface area contributed by atoms with Gasteiger partial charge in [-0.05, 0) is 58.3 Å². The molecule has 0 unspecified atom stereocenters. The van der Waals surface area contributed by atoms with E-state index in [0.717, 1.165) is 60.4 Å². The van der Waals surface area contributed by atoms with E-state index >= 15 is 0 Å². The van der Waals surface area contributed by atoms with E-state index in [-0.39, 0.29) is 0 Å². The van der Waals surface area contributed by atoms with Gasteiger partial charge in [-0.2, -0.15) is 0 Å². The molecule has 0 atom stereocenters. The molecule has 2 heterocycles. The van der Waals surface area contributed by atoms with Gasteiger partial charge in [0.15, 0.2) is 0 Å². The summed E-state index contributed by atoms with van der Waals surface area (Å²) in [6.45, 7) is 0. The molecule has 0 amide bonds.